The molecule has 168 valence electrons. The summed E-state index contributed by atoms with van der Waals surface area (Å²) < 4.78 is 30.0. The number of benzene rings is 2. The first-order chi connectivity index (χ1) is 15.2. The molecule has 0 bridgehead atoms. The number of ether oxygens (including phenoxy) is 1. The highest BCUT2D eigenvalue weighted by Crippen LogP contribution is 2.18. The second-order valence-electron chi connectivity index (χ2n) is 6.58. The van der Waals surface area contributed by atoms with E-state index in [1.807, 2.05) is 6.07 Å². The molecule has 2 amide bonds. The van der Waals surface area contributed by atoms with Crippen molar-refractivity contribution in [2.75, 3.05) is 29.5 Å². The first-order valence-electron chi connectivity index (χ1n) is 9.43. The Morgan fingerprint density at radius 2 is 1.78 bits per heavy atom. The van der Waals surface area contributed by atoms with Crippen LogP contribution in [0.15, 0.2) is 53.6 Å². The van der Waals surface area contributed by atoms with Crippen LogP contribution < -0.4 is 19.8 Å². The van der Waals surface area contributed by atoms with Gasteiger partial charge in [0.1, 0.15) is 12.2 Å². The van der Waals surface area contributed by atoms with Gasteiger partial charge in [-0.2, -0.15) is 10.4 Å². The summed E-state index contributed by atoms with van der Waals surface area (Å²) >= 11 is 0. The number of amides is 2. The number of anilines is 2. The summed E-state index contributed by atoms with van der Waals surface area (Å²) in [6.07, 6.45) is 2.09. The molecule has 0 heterocycles. The van der Waals surface area contributed by atoms with Crippen LogP contribution in [0.2, 0.25) is 0 Å². The molecule has 0 radical (unpaired) electrons. The van der Waals surface area contributed by atoms with Crippen LogP contribution in [0.5, 0.6) is 5.75 Å². The topological polar surface area (TPSA) is 141 Å². The van der Waals surface area contributed by atoms with E-state index < -0.39 is 28.3 Å². The van der Waals surface area contributed by atoms with Crippen molar-refractivity contribution in [2.24, 2.45) is 5.10 Å². The normalized spacial score (nSPS) is 10.9. The molecule has 0 saturated carbocycles. The zero-order valence-electron chi connectivity index (χ0n) is 17.6. The molecule has 11 heteroatoms. The number of hydrogen-bond acceptors (Lipinski definition) is 7. The van der Waals surface area contributed by atoms with E-state index in [2.05, 4.69) is 15.8 Å². The van der Waals surface area contributed by atoms with Crippen LogP contribution >= 0.6 is 0 Å². The largest absolute Gasteiger partial charge is 0.497 e. The Morgan fingerprint density at radius 1 is 1.12 bits per heavy atom. The minimum Gasteiger partial charge on any atom is -0.497 e. The molecule has 0 aliphatic heterocycles. The Morgan fingerprint density at radius 3 is 2.34 bits per heavy atom. The van der Waals surface area contributed by atoms with Crippen LogP contribution in [0, 0.1) is 11.3 Å². The van der Waals surface area contributed by atoms with Crippen LogP contribution in [0.4, 0.5) is 11.4 Å². The van der Waals surface area contributed by atoms with Crippen molar-refractivity contribution in [1.82, 2.24) is 5.43 Å². The van der Waals surface area contributed by atoms with Gasteiger partial charge in [0.15, 0.2) is 0 Å². The number of sulfonamides is 1. The van der Waals surface area contributed by atoms with Gasteiger partial charge in [-0.05, 0) is 42.0 Å². The third-order valence-corrected chi connectivity index (χ3v) is 5.30. The highest BCUT2D eigenvalue weighted by Gasteiger charge is 2.16. The van der Waals surface area contributed by atoms with Crippen LogP contribution in [0.1, 0.15) is 18.4 Å². The first-order valence-corrected chi connectivity index (χ1v) is 11.3. The smallest absolute Gasteiger partial charge is 0.249 e. The summed E-state index contributed by atoms with van der Waals surface area (Å²) in [4.78, 5) is 23.8. The number of carbonyl (C=O) groups is 2. The van der Waals surface area contributed by atoms with Gasteiger partial charge in [0, 0.05) is 12.2 Å². The quantitative estimate of drug-likeness (QED) is 0.317. The lowest BCUT2D eigenvalue weighted by Gasteiger charge is -2.21. The van der Waals surface area contributed by atoms with E-state index in [9.17, 15) is 18.0 Å². The maximum absolute atomic E-state index is 11.9. The molecular weight excluding hydrogens is 434 g/mol. The van der Waals surface area contributed by atoms with Gasteiger partial charge in [-0.25, -0.2) is 13.8 Å². The summed E-state index contributed by atoms with van der Waals surface area (Å²) in [5.41, 5.74) is 3.81. The Labute approximate surface area is 186 Å². The standard InChI is InChI=1S/C21H23N5O5S/c1-31-19-10-6-17(7-11-19)24-20(27)14-21(28)25-23-15-16-4-8-18(9-5-16)26(13-3-12-22)32(2,29)30/h4-11,15H,3,13-14H2,1-2H3,(H,24,27)(H,25,28)/b23-15-. The molecule has 0 aliphatic rings. The van der Waals surface area contributed by atoms with Gasteiger partial charge in [0.25, 0.3) is 0 Å². The van der Waals surface area contributed by atoms with Crippen molar-refractivity contribution < 1.29 is 22.7 Å². The number of hydrazone groups is 1. The number of hydrogen-bond donors (Lipinski definition) is 2. The number of nitrogens with one attached hydrogen (secondary N) is 2. The van der Waals surface area contributed by atoms with Crippen LogP contribution in [-0.2, 0) is 19.6 Å². The molecule has 0 fully saturated rings. The molecule has 0 spiro atoms. The predicted molar refractivity (Wildman–Crippen MR) is 121 cm³/mol. The Balaban J connectivity index is 1.88. The van der Waals surface area contributed by atoms with Gasteiger partial charge in [-0.1, -0.05) is 12.1 Å². The Hall–Kier alpha value is -3.91. The summed E-state index contributed by atoms with van der Waals surface area (Å²) in [5, 5.41) is 15.1. The summed E-state index contributed by atoms with van der Waals surface area (Å²) in [6.45, 7) is 0.0530. The molecule has 0 unspecified atom stereocenters. The maximum atomic E-state index is 11.9. The van der Waals surface area contributed by atoms with E-state index in [0.29, 0.717) is 22.7 Å². The summed E-state index contributed by atoms with van der Waals surface area (Å²) in [5.74, 6) is -0.441. The van der Waals surface area contributed by atoms with E-state index in [1.54, 1.807) is 48.5 Å². The van der Waals surface area contributed by atoms with Crippen molar-refractivity contribution in [3.05, 3.63) is 54.1 Å². The molecule has 2 N–H and O–H groups in total. The first kappa shape index (κ1) is 24.4. The van der Waals surface area contributed by atoms with Crippen molar-refractivity contribution in [3.63, 3.8) is 0 Å². The number of methoxy groups -OCH3 is 1. The third kappa shape index (κ3) is 7.73. The molecule has 32 heavy (non-hydrogen) atoms. The molecule has 0 aliphatic carbocycles. The van der Waals surface area contributed by atoms with Crippen LogP contribution in [0.3, 0.4) is 0 Å². The highest BCUT2D eigenvalue weighted by molar-refractivity contribution is 7.92. The fourth-order valence-corrected chi connectivity index (χ4v) is 3.54. The molecule has 2 aromatic rings. The minimum absolute atomic E-state index is 0.0530. The van der Waals surface area contributed by atoms with Gasteiger partial charge < -0.3 is 10.1 Å². The summed E-state index contributed by atoms with van der Waals surface area (Å²) in [6, 6.07) is 15.0. The van der Waals surface area contributed by atoms with E-state index >= 15 is 0 Å². The van der Waals surface area contributed by atoms with Crippen molar-refractivity contribution >= 4 is 39.4 Å². The number of nitrogens with zero attached hydrogens (tertiary/aromatic N) is 3. The third-order valence-electron chi connectivity index (χ3n) is 4.11. The Kier molecular flexibility index (Phi) is 8.73. The van der Waals surface area contributed by atoms with E-state index in [0.717, 1.165) is 10.6 Å². The zero-order chi connectivity index (χ0) is 23.6. The molecule has 10 nitrogen and oxygen atoms in total. The molecule has 2 aromatic carbocycles. The molecular formula is C21H23N5O5S. The van der Waals surface area contributed by atoms with E-state index in [1.165, 1.54) is 13.3 Å². The molecule has 0 atom stereocenters. The lowest BCUT2D eigenvalue weighted by Crippen LogP contribution is -2.30. The number of rotatable bonds is 10. The Bertz CT molecular complexity index is 1110. The fourth-order valence-electron chi connectivity index (χ4n) is 2.61. The second kappa shape index (κ2) is 11.5. The predicted octanol–water partition coefficient (Wildman–Crippen LogP) is 1.85. The monoisotopic (exact) mass is 457 g/mol. The van der Waals surface area contributed by atoms with Crippen molar-refractivity contribution in [3.8, 4) is 11.8 Å². The molecule has 0 aromatic heterocycles. The van der Waals surface area contributed by atoms with Gasteiger partial charge >= 0.3 is 0 Å². The maximum Gasteiger partial charge on any atom is 0.249 e. The zero-order valence-corrected chi connectivity index (χ0v) is 18.4. The van der Waals surface area contributed by atoms with E-state index in [4.69, 9.17) is 10.00 Å². The average Bonchev–Trinajstić information content (AvgIpc) is 2.74. The van der Waals surface area contributed by atoms with E-state index in [-0.39, 0.29) is 13.0 Å². The highest BCUT2D eigenvalue weighted by atomic mass is 32.2. The number of nitriles is 1. The van der Waals surface area contributed by atoms with Crippen molar-refractivity contribution in [2.45, 2.75) is 12.8 Å². The lowest BCUT2D eigenvalue weighted by molar-refractivity contribution is -0.126. The summed E-state index contributed by atoms with van der Waals surface area (Å²) in [7, 11) is -1.99. The van der Waals surface area contributed by atoms with Crippen molar-refractivity contribution in [1.29, 1.82) is 5.26 Å². The number of carbonyl (C=O) groups excluding carboxylic acids is 2. The van der Waals surface area contributed by atoms with Gasteiger partial charge in [-0.3, -0.25) is 13.9 Å². The molecule has 2 rings (SSSR count). The molecule has 0 saturated heterocycles. The lowest BCUT2D eigenvalue weighted by atomic mass is 10.2. The average molecular weight is 458 g/mol. The fraction of sp³-hybridized carbons (Fsp3) is 0.238. The second-order valence-corrected chi connectivity index (χ2v) is 8.49. The van der Waals surface area contributed by atoms with Gasteiger partial charge in [0.05, 0.1) is 37.8 Å². The van der Waals surface area contributed by atoms with Gasteiger partial charge in [-0.15, -0.1) is 0 Å². The van der Waals surface area contributed by atoms with Crippen LogP contribution in [0.25, 0.3) is 0 Å². The minimum atomic E-state index is -3.52. The van der Waals surface area contributed by atoms with Gasteiger partial charge in [0.2, 0.25) is 21.8 Å². The SMILES string of the molecule is COc1ccc(NC(=O)CC(=O)N/N=C\c2ccc(N(CCC#N)S(C)(=O)=O)cc2)cc1. The van der Waals surface area contributed by atoms with Crippen LogP contribution in [-0.4, -0.2) is 46.4 Å².